The van der Waals surface area contributed by atoms with Gasteiger partial charge in [0.05, 0.1) is 66.6 Å². The molecular formula is C44H66N6O9. The average Bonchev–Trinajstić information content (AvgIpc) is 3.68. The Labute approximate surface area is 348 Å². The summed E-state index contributed by atoms with van der Waals surface area (Å²) < 4.78 is 20.3. The van der Waals surface area contributed by atoms with E-state index in [0.29, 0.717) is 38.0 Å². The number of carbonyl (C=O) groups excluding carboxylic acids is 2. The number of aliphatic hydroxyl groups is 4. The van der Waals surface area contributed by atoms with Gasteiger partial charge in [0.25, 0.3) is 0 Å². The largest absolute Gasteiger partial charge is 0.462 e. The number of allylic oxidation sites excluding steroid dienone is 3. The first kappa shape index (κ1) is 47.7. The van der Waals surface area contributed by atoms with Crippen LogP contribution in [-0.4, -0.2) is 133 Å². The van der Waals surface area contributed by atoms with Gasteiger partial charge < -0.3 is 44.9 Å². The number of esters is 1. The molecule has 1 saturated heterocycles. The number of cyclic esters (lactones) is 1. The van der Waals surface area contributed by atoms with Crippen molar-refractivity contribution in [3.63, 3.8) is 0 Å². The SMILES string of the molecule is C.CC[C@H]1OC(=O)C[C@@H](O)[C@H](C)[C@@H](O[C@@H]2O[C@H](C)[C@@H](O)C(N(C)C)C2O)[C@@H](CCNCc2cn(-c3ccc4ncccc4c3)nn2)C[C@@H](C)C(=O)/C=C/C(C)=C/[C@@H]1CO. The maximum Gasteiger partial charge on any atom is 0.308 e. The van der Waals surface area contributed by atoms with Gasteiger partial charge in [0.2, 0.25) is 0 Å². The summed E-state index contributed by atoms with van der Waals surface area (Å²) in [6.07, 6.45) is 2.74. The number of hydrogen-bond donors (Lipinski definition) is 5. The molecule has 3 aromatic rings. The summed E-state index contributed by atoms with van der Waals surface area (Å²) in [6.45, 7) is 9.61. The molecule has 59 heavy (non-hydrogen) atoms. The fourth-order valence-corrected chi connectivity index (χ4v) is 8.07. The normalized spacial score (nSPS) is 32.9. The summed E-state index contributed by atoms with van der Waals surface area (Å²) in [6, 6.07) is 9.04. The summed E-state index contributed by atoms with van der Waals surface area (Å²) in [7, 11) is 3.51. The lowest BCUT2D eigenvalue weighted by molar-refractivity contribution is -0.304. The standard InChI is InChI=1S/C43H62N6O9.CH4/c1-8-37-31(24-50)18-25(2)11-14-35(51)26(3)19-30(15-17-44-22-32-23-49(47-46-32)33-12-13-34-29(20-33)10-9-16-45-34)42(27(4)36(52)21-38(53)57-37)58-43-41(55)39(48(6)7)40(54)28(5)56-43;/h9-14,16,18,20,23,26-28,30-31,36-37,39-44,50,52,54-55H,8,15,17,19,21-22,24H2,1-7H3;1H4/b14-11+,25-18+;/t26-,27+,28-,30+,31-,36-,37-,39?,40-,41?,42-,43+;/m1./s1. The molecule has 0 spiro atoms. The number of carbonyl (C=O) groups is 2. The molecular weight excluding hydrogens is 757 g/mol. The van der Waals surface area contributed by atoms with Crippen LogP contribution in [0.3, 0.4) is 0 Å². The molecule has 0 saturated carbocycles. The Morgan fingerprint density at radius 3 is 2.54 bits per heavy atom. The summed E-state index contributed by atoms with van der Waals surface area (Å²) in [4.78, 5) is 33.1. The van der Waals surface area contributed by atoms with Gasteiger partial charge in [0, 0.05) is 35.9 Å². The monoisotopic (exact) mass is 822 g/mol. The third-order valence-electron chi connectivity index (χ3n) is 11.6. The fraction of sp³-hybridized carbons (Fsp3) is 0.614. The number of ketones is 1. The van der Waals surface area contributed by atoms with Crippen molar-refractivity contribution in [2.45, 2.75) is 123 Å². The molecule has 5 N–H and O–H groups in total. The Balaban J connectivity index is 0.00000769. The predicted molar refractivity (Wildman–Crippen MR) is 224 cm³/mol. The second-order valence-corrected chi connectivity index (χ2v) is 16.2. The number of pyridine rings is 1. The Bertz CT molecular complexity index is 1870. The Morgan fingerprint density at radius 2 is 1.83 bits per heavy atom. The van der Waals surface area contributed by atoms with Crippen LogP contribution in [0.2, 0.25) is 0 Å². The lowest BCUT2D eigenvalue weighted by atomic mass is 9.79. The molecule has 2 aliphatic heterocycles. The minimum atomic E-state index is -1.26. The zero-order chi connectivity index (χ0) is 42.1. The molecule has 15 nitrogen and oxygen atoms in total. The van der Waals surface area contributed by atoms with Gasteiger partial charge in [0.1, 0.15) is 12.2 Å². The molecule has 0 radical (unpaired) electrons. The van der Waals surface area contributed by atoms with E-state index in [1.54, 1.807) is 55.9 Å². The van der Waals surface area contributed by atoms with Gasteiger partial charge in [-0.2, -0.15) is 0 Å². The van der Waals surface area contributed by atoms with Crippen molar-refractivity contribution in [2.75, 3.05) is 27.2 Å². The van der Waals surface area contributed by atoms with Crippen LogP contribution in [0.25, 0.3) is 16.6 Å². The Hall–Kier alpha value is -3.93. The summed E-state index contributed by atoms with van der Waals surface area (Å²) >= 11 is 0. The number of ether oxygens (including phenoxy) is 3. The fourth-order valence-electron chi connectivity index (χ4n) is 8.07. The van der Waals surface area contributed by atoms with E-state index >= 15 is 0 Å². The number of nitrogens with one attached hydrogen (secondary N) is 1. The first-order chi connectivity index (χ1) is 27.7. The average molecular weight is 823 g/mol. The maximum absolute atomic E-state index is 13.7. The number of nitrogens with zero attached hydrogens (tertiary/aromatic N) is 5. The molecule has 2 aromatic heterocycles. The van der Waals surface area contributed by atoms with E-state index in [9.17, 15) is 30.0 Å². The van der Waals surface area contributed by atoms with Gasteiger partial charge >= 0.3 is 5.97 Å². The molecule has 1 aromatic carbocycles. The van der Waals surface area contributed by atoms with Crippen molar-refractivity contribution < 1.29 is 44.2 Å². The van der Waals surface area contributed by atoms with Crippen molar-refractivity contribution in [1.82, 2.24) is 30.2 Å². The molecule has 4 heterocycles. The maximum atomic E-state index is 13.7. The van der Waals surface area contributed by atoms with Gasteiger partial charge in [-0.1, -0.05) is 57.2 Å². The van der Waals surface area contributed by atoms with Gasteiger partial charge in [-0.15, -0.1) is 5.10 Å². The summed E-state index contributed by atoms with van der Waals surface area (Å²) in [5.74, 6) is -2.79. The van der Waals surface area contributed by atoms with Crippen molar-refractivity contribution in [3.8, 4) is 5.69 Å². The van der Waals surface area contributed by atoms with E-state index < -0.39 is 72.7 Å². The Morgan fingerprint density at radius 1 is 1.07 bits per heavy atom. The van der Waals surface area contributed by atoms with Crippen LogP contribution >= 0.6 is 0 Å². The molecule has 1 fully saturated rings. The molecule has 5 rings (SSSR count). The highest BCUT2D eigenvalue weighted by Crippen LogP contribution is 2.34. The highest BCUT2D eigenvalue weighted by molar-refractivity contribution is 5.91. The zero-order valence-corrected chi connectivity index (χ0v) is 34.7. The molecule has 2 aliphatic rings. The number of benzene rings is 1. The predicted octanol–water partition coefficient (Wildman–Crippen LogP) is 3.76. The number of fused-ring (bicyclic) bond motifs is 1. The molecule has 12 atom stereocenters. The zero-order valence-electron chi connectivity index (χ0n) is 34.7. The van der Waals surface area contributed by atoms with Crippen LogP contribution in [-0.2, 0) is 30.3 Å². The number of likely N-dealkylation sites (N-methyl/N-ethyl adjacent to an activating group) is 1. The summed E-state index contributed by atoms with van der Waals surface area (Å²) in [5.41, 5.74) is 3.19. The number of aromatic nitrogens is 4. The topological polar surface area (TPSA) is 202 Å². The lowest BCUT2D eigenvalue weighted by Crippen LogP contribution is -2.63. The van der Waals surface area contributed by atoms with E-state index in [4.69, 9.17) is 14.2 Å². The minimum absolute atomic E-state index is 0. The van der Waals surface area contributed by atoms with Crippen LogP contribution in [0.4, 0.5) is 0 Å². The van der Waals surface area contributed by atoms with Crippen molar-refractivity contribution in [1.29, 1.82) is 0 Å². The second kappa shape index (κ2) is 22.1. The van der Waals surface area contributed by atoms with E-state index in [1.165, 1.54) is 6.08 Å². The minimum Gasteiger partial charge on any atom is -0.462 e. The molecule has 15 heteroatoms. The first-order valence-corrected chi connectivity index (χ1v) is 20.4. The number of hydrogen-bond acceptors (Lipinski definition) is 14. The molecule has 326 valence electrons. The first-order valence-electron chi connectivity index (χ1n) is 20.4. The third kappa shape index (κ3) is 12.3. The quantitative estimate of drug-likeness (QED) is 0.138. The number of rotatable bonds is 11. The van der Waals surface area contributed by atoms with Crippen molar-refractivity contribution in [3.05, 3.63) is 72.2 Å². The van der Waals surface area contributed by atoms with Crippen LogP contribution in [0.5, 0.6) is 0 Å². The second-order valence-electron chi connectivity index (χ2n) is 16.2. The van der Waals surface area contributed by atoms with Crippen LogP contribution in [0.1, 0.15) is 73.4 Å². The molecule has 0 bridgehead atoms. The third-order valence-corrected chi connectivity index (χ3v) is 11.6. The molecule has 2 unspecified atom stereocenters. The Kier molecular flexibility index (Phi) is 17.9. The molecule has 0 aliphatic carbocycles. The van der Waals surface area contributed by atoms with E-state index in [2.05, 4.69) is 20.6 Å². The van der Waals surface area contributed by atoms with Crippen molar-refractivity contribution in [2.24, 2.45) is 23.7 Å². The highest BCUT2D eigenvalue weighted by Gasteiger charge is 2.47. The van der Waals surface area contributed by atoms with Gasteiger partial charge in [-0.3, -0.25) is 14.6 Å². The van der Waals surface area contributed by atoms with E-state index in [0.717, 1.165) is 22.2 Å². The van der Waals surface area contributed by atoms with Crippen LogP contribution < -0.4 is 5.32 Å². The molecule has 0 amide bonds. The van der Waals surface area contributed by atoms with Crippen LogP contribution in [0.15, 0.2) is 66.5 Å². The smallest absolute Gasteiger partial charge is 0.308 e. The summed E-state index contributed by atoms with van der Waals surface area (Å²) in [5, 5.41) is 57.4. The van der Waals surface area contributed by atoms with Crippen molar-refractivity contribution >= 4 is 22.7 Å². The van der Waals surface area contributed by atoms with Crippen LogP contribution in [0, 0.1) is 23.7 Å². The van der Waals surface area contributed by atoms with Gasteiger partial charge in [0.15, 0.2) is 12.1 Å². The van der Waals surface area contributed by atoms with Gasteiger partial charge in [-0.05, 0) is 90.0 Å². The van der Waals surface area contributed by atoms with E-state index in [-0.39, 0.29) is 32.2 Å². The van der Waals surface area contributed by atoms with E-state index in [1.807, 2.05) is 57.3 Å². The number of aliphatic hydroxyl groups excluding tert-OH is 4. The van der Waals surface area contributed by atoms with Gasteiger partial charge in [-0.25, -0.2) is 4.68 Å². The lowest BCUT2D eigenvalue weighted by Gasteiger charge is -2.46. The highest BCUT2D eigenvalue weighted by atomic mass is 16.7.